The number of rotatable bonds is 8. The molecule has 3 N–H and O–H groups in total. The summed E-state index contributed by atoms with van der Waals surface area (Å²) in [5, 5.41) is 13.6. The summed E-state index contributed by atoms with van der Waals surface area (Å²) >= 11 is 0. The summed E-state index contributed by atoms with van der Waals surface area (Å²) in [4.78, 5) is 7.26. The molecule has 0 aliphatic heterocycles. The van der Waals surface area contributed by atoms with Crippen LogP contribution in [0, 0.1) is 0 Å². The van der Waals surface area contributed by atoms with Crippen LogP contribution in [0.15, 0.2) is 48.8 Å². The van der Waals surface area contributed by atoms with Gasteiger partial charge in [-0.2, -0.15) is 0 Å². The summed E-state index contributed by atoms with van der Waals surface area (Å²) in [6, 6.07) is 11.8. The molecule has 0 amide bonds. The van der Waals surface area contributed by atoms with Gasteiger partial charge >= 0.3 is 0 Å². The molecule has 2 heterocycles. The Bertz CT molecular complexity index is 740. The second-order valence-electron chi connectivity index (χ2n) is 5.41. The van der Waals surface area contributed by atoms with Crippen molar-refractivity contribution in [2.24, 2.45) is 0 Å². The third-order valence-corrected chi connectivity index (χ3v) is 3.66. The van der Waals surface area contributed by atoms with Crippen LogP contribution in [-0.4, -0.2) is 28.2 Å². The van der Waals surface area contributed by atoms with E-state index < -0.39 is 0 Å². The first-order valence-corrected chi connectivity index (χ1v) is 7.81. The van der Waals surface area contributed by atoms with Crippen LogP contribution in [0.1, 0.15) is 17.7 Å². The maximum Gasteiger partial charge on any atom is 0.128 e. The fourth-order valence-electron chi connectivity index (χ4n) is 2.51. The van der Waals surface area contributed by atoms with Crippen LogP contribution in [0.3, 0.4) is 0 Å². The third-order valence-electron chi connectivity index (χ3n) is 3.66. The molecule has 0 spiro atoms. The fourth-order valence-corrected chi connectivity index (χ4v) is 2.51. The maximum absolute atomic E-state index is 9.21. The van der Waals surface area contributed by atoms with Crippen LogP contribution in [0.4, 0.5) is 0 Å². The largest absolute Gasteiger partial charge is 0.493 e. The smallest absolute Gasteiger partial charge is 0.128 e. The second-order valence-corrected chi connectivity index (χ2v) is 5.41. The van der Waals surface area contributed by atoms with Gasteiger partial charge in [-0.05, 0) is 42.8 Å². The maximum atomic E-state index is 9.21. The van der Waals surface area contributed by atoms with Crippen LogP contribution in [0.2, 0.25) is 0 Å². The van der Waals surface area contributed by atoms with E-state index in [1.807, 2.05) is 36.5 Å². The first kappa shape index (κ1) is 15.5. The summed E-state index contributed by atoms with van der Waals surface area (Å²) in [5.74, 6) is 0.853. The van der Waals surface area contributed by atoms with Crippen molar-refractivity contribution in [3.05, 3.63) is 60.0 Å². The molecule has 0 fully saturated rings. The minimum atomic E-state index is 0.00633. The lowest BCUT2D eigenvalue weighted by molar-refractivity contribution is 0.278. The first-order valence-electron chi connectivity index (χ1n) is 7.81. The Morgan fingerprint density at radius 1 is 1.22 bits per heavy atom. The highest BCUT2D eigenvalue weighted by atomic mass is 16.5. The molecule has 0 saturated carbocycles. The van der Waals surface area contributed by atoms with Crippen molar-refractivity contribution in [3.8, 4) is 5.75 Å². The van der Waals surface area contributed by atoms with Crippen molar-refractivity contribution in [1.82, 2.24) is 15.3 Å². The Balaban J connectivity index is 1.45. The summed E-state index contributed by atoms with van der Waals surface area (Å²) in [5.41, 5.74) is 2.97. The van der Waals surface area contributed by atoms with Crippen LogP contribution < -0.4 is 10.1 Å². The van der Waals surface area contributed by atoms with E-state index in [1.165, 1.54) is 5.56 Å². The zero-order valence-electron chi connectivity index (χ0n) is 13.0. The standard InChI is InChI=1S/C18H21N3O2/c22-13-15-10-16-17(21-15)5-1-6-18(16)23-9-3-8-20-12-14-4-2-7-19-11-14/h1-2,4-7,10-11,20-22H,3,8-9,12-13H2. The zero-order valence-corrected chi connectivity index (χ0v) is 13.0. The molecule has 3 aromatic rings. The summed E-state index contributed by atoms with van der Waals surface area (Å²) in [7, 11) is 0. The van der Waals surface area contributed by atoms with Gasteiger partial charge in [-0.3, -0.25) is 4.98 Å². The molecule has 0 atom stereocenters. The molecule has 0 aliphatic carbocycles. The lowest BCUT2D eigenvalue weighted by atomic mass is 10.2. The van der Waals surface area contributed by atoms with Crippen molar-refractivity contribution in [2.45, 2.75) is 19.6 Å². The predicted octanol–water partition coefficient (Wildman–Crippen LogP) is 2.61. The molecule has 0 radical (unpaired) electrons. The number of aliphatic hydroxyl groups excluding tert-OH is 1. The number of ether oxygens (including phenoxy) is 1. The molecular formula is C18H21N3O2. The van der Waals surface area contributed by atoms with Gasteiger partial charge in [0.05, 0.1) is 13.2 Å². The summed E-state index contributed by atoms with van der Waals surface area (Å²) in [6.07, 6.45) is 4.57. The lowest BCUT2D eigenvalue weighted by Crippen LogP contribution is -2.17. The molecule has 0 aliphatic rings. The number of H-pyrrole nitrogens is 1. The van der Waals surface area contributed by atoms with Gasteiger partial charge in [0, 0.05) is 35.5 Å². The Morgan fingerprint density at radius 3 is 3.00 bits per heavy atom. The van der Waals surface area contributed by atoms with Gasteiger partial charge in [0.1, 0.15) is 5.75 Å². The SMILES string of the molecule is OCc1cc2c(OCCCNCc3cccnc3)cccc2[nH]1. The van der Waals surface area contributed by atoms with Gasteiger partial charge < -0.3 is 20.1 Å². The Labute approximate surface area is 135 Å². The summed E-state index contributed by atoms with van der Waals surface area (Å²) in [6.45, 7) is 2.37. The van der Waals surface area contributed by atoms with Crippen molar-refractivity contribution >= 4 is 10.9 Å². The highest BCUT2D eigenvalue weighted by Crippen LogP contribution is 2.26. The number of nitrogens with one attached hydrogen (secondary N) is 2. The van der Waals surface area contributed by atoms with E-state index in [0.717, 1.165) is 41.9 Å². The molecule has 5 nitrogen and oxygen atoms in total. The molecule has 120 valence electrons. The van der Waals surface area contributed by atoms with E-state index in [1.54, 1.807) is 6.20 Å². The van der Waals surface area contributed by atoms with E-state index >= 15 is 0 Å². The normalized spacial score (nSPS) is 11.0. The molecule has 2 aromatic heterocycles. The summed E-state index contributed by atoms with van der Waals surface area (Å²) < 4.78 is 5.88. The van der Waals surface area contributed by atoms with E-state index in [9.17, 15) is 5.11 Å². The average Bonchev–Trinajstić information content (AvgIpc) is 3.03. The molecule has 5 heteroatoms. The van der Waals surface area contributed by atoms with E-state index in [0.29, 0.717) is 6.61 Å². The molecule has 0 bridgehead atoms. The number of benzene rings is 1. The van der Waals surface area contributed by atoms with Crippen LogP contribution in [-0.2, 0) is 13.2 Å². The second kappa shape index (κ2) is 7.76. The molecular weight excluding hydrogens is 290 g/mol. The minimum Gasteiger partial charge on any atom is -0.493 e. The number of fused-ring (bicyclic) bond motifs is 1. The topological polar surface area (TPSA) is 70.2 Å². The van der Waals surface area contributed by atoms with Crippen LogP contribution >= 0.6 is 0 Å². The molecule has 0 saturated heterocycles. The monoisotopic (exact) mass is 311 g/mol. The van der Waals surface area contributed by atoms with Crippen molar-refractivity contribution in [3.63, 3.8) is 0 Å². The van der Waals surface area contributed by atoms with Gasteiger partial charge in [-0.1, -0.05) is 12.1 Å². The van der Waals surface area contributed by atoms with Gasteiger partial charge in [-0.15, -0.1) is 0 Å². The molecule has 3 rings (SSSR count). The number of hydrogen-bond donors (Lipinski definition) is 3. The zero-order chi connectivity index (χ0) is 15.9. The fraction of sp³-hybridized carbons (Fsp3) is 0.278. The van der Waals surface area contributed by atoms with E-state index in [-0.39, 0.29) is 6.61 Å². The van der Waals surface area contributed by atoms with Gasteiger partial charge in [0.2, 0.25) is 0 Å². The van der Waals surface area contributed by atoms with E-state index in [2.05, 4.69) is 21.4 Å². The van der Waals surface area contributed by atoms with Gasteiger partial charge in [0.25, 0.3) is 0 Å². The molecule has 1 aromatic carbocycles. The van der Waals surface area contributed by atoms with Gasteiger partial charge in [0.15, 0.2) is 0 Å². The number of aliphatic hydroxyl groups is 1. The number of aromatic nitrogens is 2. The van der Waals surface area contributed by atoms with E-state index in [4.69, 9.17) is 4.74 Å². The minimum absolute atomic E-state index is 0.00633. The Morgan fingerprint density at radius 2 is 2.17 bits per heavy atom. The number of hydrogen-bond acceptors (Lipinski definition) is 4. The lowest BCUT2D eigenvalue weighted by Gasteiger charge is -2.08. The van der Waals surface area contributed by atoms with Crippen molar-refractivity contribution < 1.29 is 9.84 Å². The number of nitrogens with zero attached hydrogens (tertiary/aromatic N) is 1. The third kappa shape index (κ3) is 4.09. The van der Waals surface area contributed by atoms with Crippen molar-refractivity contribution in [2.75, 3.05) is 13.2 Å². The Hall–Kier alpha value is -2.37. The number of aromatic amines is 1. The Kier molecular flexibility index (Phi) is 5.24. The average molecular weight is 311 g/mol. The van der Waals surface area contributed by atoms with Crippen LogP contribution in [0.25, 0.3) is 10.9 Å². The van der Waals surface area contributed by atoms with Crippen LogP contribution in [0.5, 0.6) is 5.75 Å². The highest BCUT2D eigenvalue weighted by Gasteiger charge is 2.05. The molecule has 0 unspecified atom stereocenters. The quantitative estimate of drug-likeness (QED) is 0.559. The molecule has 23 heavy (non-hydrogen) atoms. The predicted molar refractivity (Wildman–Crippen MR) is 90.3 cm³/mol. The number of pyridine rings is 1. The highest BCUT2D eigenvalue weighted by molar-refractivity contribution is 5.86. The van der Waals surface area contributed by atoms with Crippen molar-refractivity contribution in [1.29, 1.82) is 0 Å². The van der Waals surface area contributed by atoms with Gasteiger partial charge in [-0.25, -0.2) is 0 Å². The first-order chi connectivity index (χ1) is 11.4.